The lowest BCUT2D eigenvalue weighted by Crippen LogP contribution is -2.05. The van der Waals surface area contributed by atoms with Gasteiger partial charge < -0.3 is 20.9 Å². The summed E-state index contributed by atoms with van der Waals surface area (Å²) in [6, 6.07) is 3.59. The number of rotatable bonds is 16. The van der Waals surface area contributed by atoms with Gasteiger partial charge in [-0.15, -0.1) is 0 Å². The first-order valence-electron chi connectivity index (χ1n) is 10.6. The van der Waals surface area contributed by atoms with Gasteiger partial charge in [0.2, 0.25) is 0 Å². The van der Waals surface area contributed by atoms with E-state index in [1.807, 2.05) is 6.07 Å². The van der Waals surface area contributed by atoms with Crippen LogP contribution in [0.2, 0.25) is 0 Å². The van der Waals surface area contributed by atoms with Gasteiger partial charge >= 0.3 is 0 Å². The van der Waals surface area contributed by atoms with Crippen molar-refractivity contribution >= 4 is 11.4 Å². The molecule has 150 valence electrons. The van der Waals surface area contributed by atoms with Crippen molar-refractivity contribution in [2.24, 2.45) is 0 Å². The molecule has 0 aromatic heterocycles. The van der Waals surface area contributed by atoms with Gasteiger partial charge in [0.1, 0.15) is 11.5 Å². The van der Waals surface area contributed by atoms with Crippen molar-refractivity contribution < 1.29 is 9.47 Å². The summed E-state index contributed by atoms with van der Waals surface area (Å²) in [5.74, 6) is 1.37. The highest BCUT2D eigenvalue weighted by molar-refractivity contribution is 5.67. The molecule has 4 nitrogen and oxygen atoms in total. The molecule has 4 heteroatoms. The van der Waals surface area contributed by atoms with E-state index in [1.54, 1.807) is 6.07 Å². The summed E-state index contributed by atoms with van der Waals surface area (Å²) < 4.78 is 11.7. The van der Waals surface area contributed by atoms with E-state index in [0.29, 0.717) is 36.1 Å². The minimum atomic E-state index is 0.584. The van der Waals surface area contributed by atoms with Gasteiger partial charge in [0, 0.05) is 6.07 Å². The Morgan fingerprint density at radius 3 is 1.38 bits per heavy atom. The predicted octanol–water partition coefficient (Wildman–Crippen LogP) is 6.33. The van der Waals surface area contributed by atoms with E-state index in [0.717, 1.165) is 12.8 Å². The third-order valence-corrected chi connectivity index (χ3v) is 4.65. The van der Waals surface area contributed by atoms with Crippen LogP contribution in [0.4, 0.5) is 11.4 Å². The monoisotopic (exact) mass is 364 g/mol. The second-order valence-electron chi connectivity index (χ2n) is 7.16. The summed E-state index contributed by atoms with van der Waals surface area (Å²) in [6.07, 6.45) is 14.9. The summed E-state index contributed by atoms with van der Waals surface area (Å²) in [5.41, 5.74) is 13.2. The molecule has 0 aliphatic carbocycles. The Morgan fingerprint density at radius 2 is 0.962 bits per heavy atom. The zero-order valence-corrected chi connectivity index (χ0v) is 17.0. The first-order valence-corrected chi connectivity index (χ1v) is 10.6. The summed E-state index contributed by atoms with van der Waals surface area (Å²) >= 11 is 0. The zero-order chi connectivity index (χ0) is 19.0. The van der Waals surface area contributed by atoms with Gasteiger partial charge in [0.05, 0.1) is 24.6 Å². The number of nitrogens with two attached hydrogens (primary N) is 2. The molecule has 0 aliphatic rings. The fourth-order valence-corrected chi connectivity index (χ4v) is 2.97. The SMILES string of the molecule is CCCCCCCCOc1cc(OCCCCCCCC)c(N)cc1N. The maximum Gasteiger partial charge on any atom is 0.146 e. The summed E-state index contributed by atoms with van der Waals surface area (Å²) in [5, 5.41) is 0. The Bertz CT molecular complexity index is 438. The number of ether oxygens (including phenoxy) is 2. The smallest absolute Gasteiger partial charge is 0.146 e. The average Bonchev–Trinajstić information content (AvgIpc) is 2.63. The van der Waals surface area contributed by atoms with Crippen LogP contribution in [0, 0.1) is 0 Å². The molecule has 0 heterocycles. The Balaban J connectivity index is 2.30. The van der Waals surface area contributed by atoms with Crippen molar-refractivity contribution in [1.29, 1.82) is 0 Å². The van der Waals surface area contributed by atoms with E-state index in [2.05, 4.69) is 13.8 Å². The standard InChI is InChI=1S/C22H40N2O2/c1-3-5-7-9-11-13-15-25-21-18-22(20(24)17-19(21)23)26-16-14-12-10-8-6-4-2/h17-18H,3-16,23-24H2,1-2H3. The lowest BCUT2D eigenvalue weighted by molar-refractivity contribution is 0.291. The van der Waals surface area contributed by atoms with Crippen LogP contribution in [0.3, 0.4) is 0 Å². The number of benzene rings is 1. The number of hydrogen-bond acceptors (Lipinski definition) is 4. The number of hydrogen-bond donors (Lipinski definition) is 2. The van der Waals surface area contributed by atoms with Gasteiger partial charge in [0.15, 0.2) is 0 Å². The summed E-state index contributed by atoms with van der Waals surface area (Å²) in [6.45, 7) is 5.85. The highest BCUT2D eigenvalue weighted by Gasteiger charge is 2.08. The van der Waals surface area contributed by atoms with Crippen molar-refractivity contribution in [1.82, 2.24) is 0 Å². The minimum Gasteiger partial charge on any atom is -0.491 e. The molecule has 26 heavy (non-hydrogen) atoms. The molecule has 0 fully saturated rings. The highest BCUT2D eigenvalue weighted by Crippen LogP contribution is 2.33. The largest absolute Gasteiger partial charge is 0.491 e. The molecule has 0 aliphatic heterocycles. The molecule has 1 rings (SSSR count). The Hall–Kier alpha value is -1.58. The number of anilines is 2. The highest BCUT2D eigenvalue weighted by atomic mass is 16.5. The van der Waals surface area contributed by atoms with Gasteiger partial charge in [-0.3, -0.25) is 0 Å². The molecule has 1 aromatic rings. The lowest BCUT2D eigenvalue weighted by Gasteiger charge is -2.14. The van der Waals surface area contributed by atoms with E-state index in [1.165, 1.54) is 64.2 Å². The van der Waals surface area contributed by atoms with Gasteiger partial charge in [-0.2, -0.15) is 0 Å². The van der Waals surface area contributed by atoms with Gasteiger partial charge in [-0.25, -0.2) is 0 Å². The van der Waals surface area contributed by atoms with Gasteiger partial charge in [0.25, 0.3) is 0 Å². The molecule has 0 atom stereocenters. The second kappa shape index (κ2) is 14.6. The van der Waals surface area contributed by atoms with Gasteiger partial charge in [-0.1, -0.05) is 78.1 Å². The maximum atomic E-state index is 6.03. The van der Waals surface area contributed by atoms with Crippen molar-refractivity contribution in [2.45, 2.75) is 90.9 Å². The Labute approximate surface area is 160 Å². The number of nitrogen functional groups attached to an aromatic ring is 2. The van der Waals surface area contributed by atoms with Crippen molar-refractivity contribution in [3.8, 4) is 11.5 Å². The molecular formula is C22H40N2O2. The molecule has 0 saturated carbocycles. The van der Waals surface area contributed by atoms with Crippen LogP contribution >= 0.6 is 0 Å². The lowest BCUT2D eigenvalue weighted by atomic mass is 10.1. The molecule has 0 spiro atoms. The van der Waals surface area contributed by atoms with Crippen molar-refractivity contribution in [3.05, 3.63) is 12.1 Å². The van der Waals surface area contributed by atoms with E-state index >= 15 is 0 Å². The van der Waals surface area contributed by atoms with Gasteiger partial charge in [-0.05, 0) is 18.9 Å². The topological polar surface area (TPSA) is 70.5 Å². The third-order valence-electron chi connectivity index (χ3n) is 4.65. The van der Waals surface area contributed by atoms with Crippen LogP contribution in [0.1, 0.15) is 90.9 Å². The van der Waals surface area contributed by atoms with Crippen molar-refractivity contribution in [2.75, 3.05) is 24.7 Å². The molecule has 1 aromatic carbocycles. The Kier molecular flexibility index (Phi) is 12.6. The van der Waals surface area contributed by atoms with Crippen LogP contribution in [0.25, 0.3) is 0 Å². The molecule has 0 bridgehead atoms. The van der Waals surface area contributed by atoms with E-state index in [9.17, 15) is 0 Å². The fraction of sp³-hybridized carbons (Fsp3) is 0.727. The zero-order valence-electron chi connectivity index (χ0n) is 17.0. The second-order valence-corrected chi connectivity index (χ2v) is 7.16. The van der Waals surface area contributed by atoms with E-state index < -0.39 is 0 Å². The minimum absolute atomic E-state index is 0.584. The molecule has 0 radical (unpaired) electrons. The first-order chi connectivity index (χ1) is 12.7. The molecule has 0 amide bonds. The van der Waals surface area contributed by atoms with Crippen LogP contribution in [0.15, 0.2) is 12.1 Å². The first kappa shape index (κ1) is 22.5. The van der Waals surface area contributed by atoms with E-state index in [4.69, 9.17) is 20.9 Å². The molecule has 4 N–H and O–H groups in total. The molecular weight excluding hydrogens is 324 g/mol. The van der Waals surface area contributed by atoms with Crippen molar-refractivity contribution in [3.63, 3.8) is 0 Å². The quantitative estimate of drug-likeness (QED) is 0.265. The van der Waals surface area contributed by atoms with Crippen LogP contribution in [-0.4, -0.2) is 13.2 Å². The predicted molar refractivity (Wildman–Crippen MR) is 113 cm³/mol. The van der Waals surface area contributed by atoms with E-state index in [-0.39, 0.29) is 0 Å². The van der Waals surface area contributed by atoms with Crippen LogP contribution in [-0.2, 0) is 0 Å². The average molecular weight is 365 g/mol. The van der Waals surface area contributed by atoms with Crippen LogP contribution in [0.5, 0.6) is 11.5 Å². The third kappa shape index (κ3) is 9.79. The Morgan fingerprint density at radius 1 is 0.577 bits per heavy atom. The normalized spacial score (nSPS) is 10.8. The summed E-state index contributed by atoms with van der Waals surface area (Å²) in [7, 11) is 0. The molecule has 0 saturated heterocycles. The fourth-order valence-electron chi connectivity index (χ4n) is 2.97. The summed E-state index contributed by atoms with van der Waals surface area (Å²) in [4.78, 5) is 0. The maximum absolute atomic E-state index is 6.03. The van der Waals surface area contributed by atoms with Crippen LogP contribution < -0.4 is 20.9 Å². The number of unbranched alkanes of at least 4 members (excludes halogenated alkanes) is 10. The molecule has 0 unspecified atom stereocenters.